The van der Waals surface area contributed by atoms with Crippen molar-refractivity contribution in [2.45, 2.75) is 26.3 Å². The zero-order valence-electron chi connectivity index (χ0n) is 8.83. The van der Waals surface area contributed by atoms with Gasteiger partial charge in [0, 0.05) is 16.2 Å². The van der Waals surface area contributed by atoms with E-state index in [-0.39, 0.29) is 5.54 Å². The Bertz CT molecular complexity index is 344. The van der Waals surface area contributed by atoms with Gasteiger partial charge in [-0.15, -0.1) is 0 Å². The standard InChI is InChI=1S/C5H13NO2S.CH3ClO2S/c1-5(2,3)6-9(4,7)8;1-5(2,3)4/h6H,1-4H3;1H3. The van der Waals surface area contributed by atoms with Gasteiger partial charge in [-0.3, -0.25) is 0 Å². The number of rotatable bonds is 1. The molecule has 14 heavy (non-hydrogen) atoms. The molecule has 0 saturated heterocycles. The smallest absolute Gasteiger partial charge is 0.213 e. The maximum atomic E-state index is 10.5. The number of nitrogens with one attached hydrogen (secondary N) is 1. The van der Waals surface area contributed by atoms with Gasteiger partial charge < -0.3 is 0 Å². The third-order valence-electron chi connectivity index (χ3n) is 0.492. The van der Waals surface area contributed by atoms with Gasteiger partial charge in [-0.25, -0.2) is 21.6 Å². The van der Waals surface area contributed by atoms with E-state index in [2.05, 4.69) is 15.4 Å². The predicted molar refractivity (Wildman–Crippen MR) is 58.4 cm³/mol. The van der Waals surface area contributed by atoms with E-state index in [9.17, 15) is 16.8 Å². The van der Waals surface area contributed by atoms with E-state index < -0.39 is 19.1 Å². The molecular weight excluding hydrogens is 250 g/mol. The quantitative estimate of drug-likeness (QED) is 0.701. The van der Waals surface area contributed by atoms with E-state index in [1.165, 1.54) is 0 Å². The molecule has 0 radical (unpaired) electrons. The van der Waals surface area contributed by atoms with Gasteiger partial charge in [0.2, 0.25) is 19.1 Å². The van der Waals surface area contributed by atoms with Crippen LogP contribution >= 0.6 is 10.7 Å². The number of hydrogen-bond acceptors (Lipinski definition) is 4. The first-order valence-corrected chi connectivity index (χ1v) is 8.20. The maximum Gasteiger partial charge on any atom is 0.229 e. The molecule has 0 aliphatic heterocycles. The fourth-order valence-electron chi connectivity index (χ4n) is 0.556. The van der Waals surface area contributed by atoms with E-state index >= 15 is 0 Å². The third-order valence-corrected chi connectivity index (χ3v) is 1.47. The van der Waals surface area contributed by atoms with Crippen LogP contribution in [0.3, 0.4) is 0 Å². The summed E-state index contributed by atoms with van der Waals surface area (Å²) in [6.45, 7) is 5.40. The summed E-state index contributed by atoms with van der Waals surface area (Å²) in [5.74, 6) is 0. The molecule has 0 saturated carbocycles. The largest absolute Gasteiger partial charge is 0.229 e. The monoisotopic (exact) mass is 265 g/mol. The summed E-state index contributed by atoms with van der Waals surface area (Å²) in [6.07, 6.45) is 2.08. The van der Waals surface area contributed by atoms with Crippen molar-refractivity contribution in [2.24, 2.45) is 0 Å². The van der Waals surface area contributed by atoms with Crippen molar-refractivity contribution in [3.8, 4) is 0 Å². The topological polar surface area (TPSA) is 80.3 Å². The molecular formula is C6H16ClNO4S2. The molecule has 0 aliphatic carbocycles. The lowest BCUT2D eigenvalue weighted by molar-refractivity contribution is 0.495. The lowest BCUT2D eigenvalue weighted by atomic mass is 10.1. The Kier molecular flexibility index (Phi) is 6.27. The molecule has 0 spiro atoms. The summed E-state index contributed by atoms with van der Waals surface area (Å²) in [5, 5.41) is 0. The second-order valence-electron chi connectivity index (χ2n) is 3.81. The molecule has 88 valence electrons. The molecule has 0 bridgehead atoms. The molecule has 0 heterocycles. The van der Waals surface area contributed by atoms with Crippen molar-refractivity contribution in [3.05, 3.63) is 0 Å². The fraction of sp³-hybridized carbons (Fsp3) is 1.00. The Morgan fingerprint density at radius 2 is 1.21 bits per heavy atom. The molecule has 0 fully saturated rings. The molecule has 0 atom stereocenters. The minimum atomic E-state index is -3.19. The van der Waals surface area contributed by atoms with Crippen LogP contribution in [0.25, 0.3) is 0 Å². The molecule has 0 aromatic rings. The minimum absolute atomic E-state index is 0.354. The Balaban J connectivity index is 0. The Hall–Kier alpha value is 0.150. The first-order valence-electron chi connectivity index (χ1n) is 3.59. The van der Waals surface area contributed by atoms with E-state index in [1.807, 2.05) is 0 Å². The van der Waals surface area contributed by atoms with Gasteiger partial charge in [-0.2, -0.15) is 0 Å². The lowest BCUT2D eigenvalue weighted by Crippen LogP contribution is -2.39. The van der Waals surface area contributed by atoms with E-state index in [0.29, 0.717) is 0 Å². The highest BCUT2D eigenvalue weighted by atomic mass is 35.7. The first kappa shape index (κ1) is 16.6. The van der Waals surface area contributed by atoms with Crippen LogP contribution in [0, 0.1) is 0 Å². The summed E-state index contributed by atoms with van der Waals surface area (Å²) in [5.41, 5.74) is -0.354. The second-order valence-corrected chi connectivity index (χ2v) is 8.60. The second kappa shape index (κ2) is 5.29. The summed E-state index contributed by atoms with van der Waals surface area (Å²) in [6, 6.07) is 0. The van der Waals surface area contributed by atoms with Crippen LogP contribution in [0.15, 0.2) is 0 Å². The van der Waals surface area contributed by atoms with E-state index in [1.54, 1.807) is 20.8 Å². The van der Waals surface area contributed by atoms with Gasteiger partial charge >= 0.3 is 0 Å². The van der Waals surface area contributed by atoms with Crippen molar-refractivity contribution >= 4 is 29.8 Å². The summed E-state index contributed by atoms with van der Waals surface area (Å²) in [7, 11) is -1.72. The van der Waals surface area contributed by atoms with Gasteiger partial charge in [0.25, 0.3) is 0 Å². The van der Waals surface area contributed by atoms with Gasteiger partial charge in [-0.05, 0) is 20.8 Å². The zero-order chi connectivity index (χ0) is 12.2. The Morgan fingerprint density at radius 3 is 1.21 bits per heavy atom. The molecule has 0 aromatic carbocycles. The zero-order valence-corrected chi connectivity index (χ0v) is 11.2. The van der Waals surface area contributed by atoms with Crippen molar-refractivity contribution in [2.75, 3.05) is 12.5 Å². The van der Waals surface area contributed by atoms with Crippen LogP contribution in [0.5, 0.6) is 0 Å². The van der Waals surface area contributed by atoms with Crippen molar-refractivity contribution in [1.29, 1.82) is 0 Å². The molecule has 5 nitrogen and oxygen atoms in total. The number of sulfonamides is 1. The average molecular weight is 266 g/mol. The van der Waals surface area contributed by atoms with Crippen LogP contribution in [0.2, 0.25) is 0 Å². The van der Waals surface area contributed by atoms with Crippen molar-refractivity contribution < 1.29 is 16.8 Å². The summed E-state index contributed by atoms with van der Waals surface area (Å²) in [4.78, 5) is 0. The molecule has 8 heteroatoms. The van der Waals surface area contributed by atoms with Crippen LogP contribution in [0.1, 0.15) is 20.8 Å². The normalized spacial score (nSPS) is 13.0. The highest BCUT2D eigenvalue weighted by Gasteiger charge is 2.14. The van der Waals surface area contributed by atoms with Gasteiger partial charge in [0.15, 0.2) is 0 Å². The van der Waals surface area contributed by atoms with E-state index in [0.717, 1.165) is 12.5 Å². The SMILES string of the molecule is CC(C)(C)NS(C)(=O)=O.CS(=O)(=O)Cl. The molecule has 0 rings (SSSR count). The predicted octanol–water partition coefficient (Wildman–Crippen LogP) is 0.519. The third kappa shape index (κ3) is 39.9. The molecule has 0 unspecified atom stereocenters. The minimum Gasteiger partial charge on any atom is -0.213 e. The molecule has 1 N–H and O–H groups in total. The highest BCUT2D eigenvalue weighted by Crippen LogP contribution is 1.99. The summed E-state index contributed by atoms with van der Waals surface area (Å²) < 4.78 is 42.3. The van der Waals surface area contributed by atoms with Crippen molar-refractivity contribution in [1.82, 2.24) is 4.72 Å². The van der Waals surface area contributed by atoms with Crippen molar-refractivity contribution in [3.63, 3.8) is 0 Å². The van der Waals surface area contributed by atoms with Gasteiger partial charge in [0.05, 0.1) is 12.5 Å². The Morgan fingerprint density at radius 1 is 1.00 bits per heavy atom. The van der Waals surface area contributed by atoms with Gasteiger partial charge in [0.1, 0.15) is 0 Å². The van der Waals surface area contributed by atoms with E-state index in [4.69, 9.17) is 0 Å². The fourth-order valence-corrected chi connectivity index (χ4v) is 1.67. The average Bonchev–Trinajstić information content (AvgIpc) is 1.42. The maximum absolute atomic E-state index is 10.5. The van der Waals surface area contributed by atoms with Crippen LogP contribution in [0.4, 0.5) is 0 Å². The Labute approximate surface area is 90.3 Å². The highest BCUT2D eigenvalue weighted by molar-refractivity contribution is 8.13. The lowest BCUT2D eigenvalue weighted by Gasteiger charge is -2.17. The first-order chi connectivity index (χ1) is 5.71. The molecule has 0 aliphatic rings. The van der Waals surface area contributed by atoms with Crippen LogP contribution in [-0.2, 0) is 19.1 Å². The summed E-state index contributed by atoms with van der Waals surface area (Å²) >= 11 is 0. The number of hydrogen-bond donors (Lipinski definition) is 1. The molecule has 0 amide bonds. The van der Waals surface area contributed by atoms with Crippen LogP contribution in [-0.4, -0.2) is 34.9 Å². The van der Waals surface area contributed by atoms with Crippen LogP contribution < -0.4 is 4.72 Å². The van der Waals surface area contributed by atoms with Gasteiger partial charge in [-0.1, -0.05) is 0 Å². The number of halogens is 1. The molecule has 0 aromatic heterocycles.